The summed E-state index contributed by atoms with van der Waals surface area (Å²) in [5, 5.41) is 16.6. The highest BCUT2D eigenvalue weighted by molar-refractivity contribution is 5.76. The van der Waals surface area contributed by atoms with Gasteiger partial charge in [-0.3, -0.25) is 4.79 Å². The number of carbonyl (C=O) groups is 1. The molecule has 1 aromatic rings. The van der Waals surface area contributed by atoms with Crippen molar-refractivity contribution in [3.8, 4) is 0 Å². The van der Waals surface area contributed by atoms with Gasteiger partial charge in [-0.15, -0.1) is 0 Å². The maximum Gasteiger partial charge on any atom is 0.220 e. The number of aliphatic hydroxyl groups excluding tert-OH is 1. The molecular weight excluding hydrogens is 256 g/mol. The van der Waals surface area contributed by atoms with Crippen molar-refractivity contribution >= 4 is 5.91 Å². The van der Waals surface area contributed by atoms with Gasteiger partial charge < -0.3 is 14.9 Å². The van der Waals surface area contributed by atoms with Gasteiger partial charge in [-0.1, -0.05) is 32.9 Å². The fourth-order valence-electron chi connectivity index (χ4n) is 2.16. The molecule has 1 heterocycles. The minimum Gasteiger partial charge on any atom is -0.391 e. The molecule has 114 valence electrons. The molecule has 1 rings (SSSR count). The highest BCUT2D eigenvalue weighted by Gasteiger charge is 2.23. The summed E-state index contributed by atoms with van der Waals surface area (Å²) in [5.41, 5.74) is 1.59. The van der Waals surface area contributed by atoms with Crippen molar-refractivity contribution < 1.29 is 14.4 Å². The standard InChI is InChI=1S/C15H26N2O3/c1-9(14-10(2)17-20-11(14)3)7-13(19)16-8-12(18)15(4,5)6/h9,12,18H,7-8H2,1-6H3,(H,16,19). The Morgan fingerprint density at radius 2 is 2.00 bits per heavy atom. The van der Waals surface area contributed by atoms with Crippen LogP contribution in [-0.2, 0) is 4.79 Å². The van der Waals surface area contributed by atoms with Gasteiger partial charge in [-0.05, 0) is 25.2 Å². The van der Waals surface area contributed by atoms with E-state index in [-0.39, 0.29) is 23.8 Å². The summed E-state index contributed by atoms with van der Waals surface area (Å²) in [4.78, 5) is 11.9. The molecule has 0 bridgehead atoms. The van der Waals surface area contributed by atoms with E-state index >= 15 is 0 Å². The first-order valence-electron chi connectivity index (χ1n) is 7.00. The zero-order chi connectivity index (χ0) is 15.5. The lowest BCUT2D eigenvalue weighted by molar-refractivity contribution is -0.122. The Hall–Kier alpha value is -1.36. The molecule has 0 saturated heterocycles. The third kappa shape index (κ3) is 4.34. The maximum absolute atomic E-state index is 11.9. The smallest absolute Gasteiger partial charge is 0.220 e. The highest BCUT2D eigenvalue weighted by atomic mass is 16.5. The van der Waals surface area contributed by atoms with Crippen LogP contribution in [0.1, 0.15) is 57.1 Å². The summed E-state index contributed by atoms with van der Waals surface area (Å²) >= 11 is 0. The predicted molar refractivity (Wildman–Crippen MR) is 77.5 cm³/mol. The van der Waals surface area contributed by atoms with Gasteiger partial charge in [-0.25, -0.2) is 0 Å². The molecule has 2 N–H and O–H groups in total. The van der Waals surface area contributed by atoms with E-state index in [1.807, 2.05) is 41.5 Å². The van der Waals surface area contributed by atoms with E-state index in [0.29, 0.717) is 6.42 Å². The number of hydrogen-bond donors (Lipinski definition) is 2. The summed E-state index contributed by atoms with van der Waals surface area (Å²) in [6, 6.07) is 0. The second-order valence-electron chi connectivity index (χ2n) is 6.53. The fraction of sp³-hybridized carbons (Fsp3) is 0.733. The van der Waals surface area contributed by atoms with Crippen molar-refractivity contribution in [1.29, 1.82) is 0 Å². The third-order valence-corrected chi connectivity index (χ3v) is 3.57. The maximum atomic E-state index is 11.9. The minimum atomic E-state index is -0.555. The summed E-state index contributed by atoms with van der Waals surface area (Å²) in [5.74, 6) is 0.742. The molecule has 0 aliphatic rings. The number of nitrogens with zero attached hydrogens (tertiary/aromatic N) is 1. The van der Waals surface area contributed by atoms with Gasteiger partial charge >= 0.3 is 0 Å². The van der Waals surface area contributed by atoms with Crippen LogP contribution in [0.4, 0.5) is 0 Å². The van der Waals surface area contributed by atoms with Gasteiger partial charge in [0.25, 0.3) is 0 Å². The van der Waals surface area contributed by atoms with Gasteiger partial charge in [0.2, 0.25) is 5.91 Å². The quantitative estimate of drug-likeness (QED) is 0.869. The Labute approximate surface area is 120 Å². The van der Waals surface area contributed by atoms with Gasteiger partial charge in [0.1, 0.15) is 5.76 Å². The number of hydrogen-bond acceptors (Lipinski definition) is 4. The van der Waals surface area contributed by atoms with Gasteiger partial charge in [0.05, 0.1) is 11.8 Å². The number of rotatable bonds is 5. The molecule has 0 aromatic carbocycles. The predicted octanol–water partition coefficient (Wildman–Crippen LogP) is 2.31. The average molecular weight is 282 g/mol. The van der Waals surface area contributed by atoms with E-state index in [1.165, 1.54) is 0 Å². The van der Waals surface area contributed by atoms with Gasteiger partial charge in [-0.2, -0.15) is 0 Å². The second kappa shape index (κ2) is 6.39. The first-order valence-corrected chi connectivity index (χ1v) is 7.00. The van der Waals surface area contributed by atoms with Gasteiger partial charge in [0, 0.05) is 18.5 Å². The average Bonchev–Trinajstić information content (AvgIpc) is 2.64. The molecule has 5 nitrogen and oxygen atoms in total. The van der Waals surface area contributed by atoms with Crippen LogP contribution in [0, 0.1) is 19.3 Å². The molecule has 20 heavy (non-hydrogen) atoms. The molecule has 0 saturated carbocycles. The number of aromatic nitrogens is 1. The van der Waals surface area contributed by atoms with Crippen LogP contribution < -0.4 is 5.32 Å². The number of amides is 1. The summed E-state index contributed by atoms with van der Waals surface area (Å²) < 4.78 is 5.12. The SMILES string of the molecule is Cc1noc(C)c1C(C)CC(=O)NCC(O)C(C)(C)C. The Morgan fingerprint density at radius 1 is 1.40 bits per heavy atom. The van der Waals surface area contributed by atoms with Crippen LogP contribution in [0.15, 0.2) is 4.52 Å². The van der Waals surface area contributed by atoms with E-state index in [4.69, 9.17) is 4.52 Å². The molecular formula is C15H26N2O3. The monoisotopic (exact) mass is 282 g/mol. The number of aliphatic hydroxyl groups is 1. The summed E-state index contributed by atoms with van der Waals surface area (Å²) in [6.45, 7) is 11.8. The Kier molecular flexibility index (Phi) is 5.34. The number of nitrogens with one attached hydrogen (secondary N) is 1. The molecule has 0 radical (unpaired) electrons. The van der Waals surface area contributed by atoms with Crippen molar-refractivity contribution in [2.45, 2.75) is 60.0 Å². The Morgan fingerprint density at radius 3 is 2.45 bits per heavy atom. The van der Waals surface area contributed by atoms with Crippen LogP contribution in [-0.4, -0.2) is 28.8 Å². The first kappa shape index (κ1) is 16.7. The van der Waals surface area contributed by atoms with Crippen LogP contribution >= 0.6 is 0 Å². The van der Waals surface area contributed by atoms with Crippen molar-refractivity contribution in [2.75, 3.05) is 6.54 Å². The van der Waals surface area contributed by atoms with Crippen molar-refractivity contribution in [2.24, 2.45) is 5.41 Å². The normalized spacial score (nSPS) is 14.9. The molecule has 5 heteroatoms. The second-order valence-corrected chi connectivity index (χ2v) is 6.53. The molecule has 2 atom stereocenters. The lowest BCUT2D eigenvalue weighted by atomic mass is 9.89. The lowest BCUT2D eigenvalue weighted by Gasteiger charge is -2.26. The van der Waals surface area contributed by atoms with Crippen LogP contribution in [0.2, 0.25) is 0 Å². The van der Waals surface area contributed by atoms with Crippen LogP contribution in [0.3, 0.4) is 0 Å². The molecule has 0 aliphatic heterocycles. The van der Waals surface area contributed by atoms with Crippen molar-refractivity contribution in [3.63, 3.8) is 0 Å². The Balaban J connectivity index is 2.51. The van der Waals surface area contributed by atoms with E-state index in [9.17, 15) is 9.90 Å². The van der Waals surface area contributed by atoms with Crippen LogP contribution in [0.5, 0.6) is 0 Å². The summed E-state index contributed by atoms with van der Waals surface area (Å²) in [6.07, 6.45) is -0.194. The third-order valence-electron chi connectivity index (χ3n) is 3.57. The summed E-state index contributed by atoms with van der Waals surface area (Å²) in [7, 11) is 0. The van der Waals surface area contributed by atoms with E-state index in [0.717, 1.165) is 17.0 Å². The van der Waals surface area contributed by atoms with E-state index in [1.54, 1.807) is 0 Å². The molecule has 0 aliphatic carbocycles. The highest BCUT2D eigenvalue weighted by Crippen LogP contribution is 2.25. The zero-order valence-electron chi connectivity index (χ0n) is 13.3. The van der Waals surface area contributed by atoms with Gasteiger partial charge in [0.15, 0.2) is 0 Å². The first-order chi connectivity index (χ1) is 9.12. The minimum absolute atomic E-state index is 0.0491. The molecule has 0 fully saturated rings. The van der Waals surface area contributed by atoms with E-state index in [2.05, 4.69) is 10.5 Å². The molecule has 1 amide bonds. The molecule has 1 aromatic heterocycles. The zero-order valence-corrected chi connectivity index (χ0v) is 13.3. The number of carbonyl (C=O) groups excluding carboxylic acids is 1. The Bertz CT molecular complexity index is 441. The molecule has 0 spiro atoms. The number of aryl methyl sites for hydroxylation is 2. The van der Waals surface area contributed by atoms with E-state index < -0.39 is 6.10 Å². The molecule has 2 unspecified atom stereocenters. The lowest BCUT2D eigenvalue weighted by Crippen LogP contribution is -2.39. The van der Waals surface area contributed by atoms with Crippen molar-refractivity contribution in [3.05, 3.63) is 17.0 Å². The fourth-order valence-corrected chi connectivity index (χ4v) is 2.16. The van der Waals surface area contributed by atoms with Crippen LogP contribution in [0.25, 0.3) is 0 Å². The topological polar surface area (TPSA) is 75.4 Å². The van der Waals surface area contributed by atoms with Crippen molar-refractivity contribution in [1.82, 2.24) is 10.5 Å². The largest absolute Gasteiger partial charge is 0.391 e.